The predicted molar refractivity (Wildman–Crippen MR) is 92.3 cm³/mol. The molecule has 0 amide bonds. The van der Waals surface area contributed by atoms with E-state index in [-0.39, 0.29) is 0 Å². The summed E-state index contributed by atoms with van der Waals surface area (Å²) < 4.78 is 5.39. The molecule has 0 spiro atoms. The van der Waals surface area contributed by atoms with Crippen LogP contribution in [0.15, 0.2) is 36.4 Å². The fourth-order valence-corrected chi connectivity index (χ4v) is 3.60. The second-order valence-electron chi connectivity index (χ2n) is 5.94. The van der Waals surface area contributed by atoms with Crippen LogP contribution in [0.4, 0.5) is 0 Å². The van der Waals surface area contributed by atoms with Gasteiger partial charge in [-0.25, -0.2) is 0 Å². The van der Waals surface area contributed by atoms with E-state index in [0.717, 1.165) is 12.2 Å². The van der Waals surface area contributed by atoms with Gasteiger partial charge in [-0.3, -0.25) is 0 Å². The van der Waals surface area contributed by atoms with E-state index >= 15 is 0 Å². The van der Waals surface area contributed by atoms with Gasteiger partial charge < -0.3 is 9.64 Å². The molecule has 22 heavy (non-hydrogen) atoms. The molecule has 0 radical (unpaired) electrons. The summed E-state index contributed by atoms with van der Waals surface area (Å²) in [7, 11) is 5.94. The monoisotopic (exact) mass is 335 g/mol. The van der Waals surface area contributed by atoms with Crippen LogP contribution in [0.3, 0.4) is 0 Å². The van der Waals surface area contributed by atoms with Crippen molar-refractivity contribution in [1.82, 2.24) is 4.90 Å². The Morgan fingerprint density at radius 2 is 1.77 bits per heavy atom. The zero-order valence-electron chi connectivity index (χ0n) is 12.9. The Bertz CT molecular complexity index is 699. The molecular formula is C18H19Cl2NO. The lowest BCUT2D eigenvalue weighted by atomic mass is 9.93. The van der Waals surface area contributed by atoms with Gasteiger partial charge in [0.15, 0.2) is 0 Å². The van der Waals surface area contributed by atoms with Gasteiger partial charge in [-0.05, 0) is 61.5 Å². The highest BCUT2D eigenvalue weighted by molar-refractivity contribution is 6.42. The van der Waals surface area contributed by atoms with Crippen LogP contribution in [-0.2, 0) is 0 Å². The minimum Gasteiger partial charge on any atom is -0.497 e. The normalized spacial score (nSPS) is 20.3. The van der Waals surface area contributed by atoms with Crippen LogP contribution < -0.4 is 4.74 Å². The maximum absolute atomic E-state index is 6.20. The Balaban J connectivity index is 2.07. The quantitative estimate of drug-likeness (QED) is 0.769. The highest BCUT2D eigenvalue weighted by atomic mass is 35.5. The fourth-order valence-electron chi connectivity index (χ4n) is 3.30. The summed E-state index contributed by atoms with van der Waals surface area (Å²) in [5.74, 6) is 1.24. The van der Waals surface area contributed by atoms with Crippen LogP contribution in [0.5, 0.6) is 5.75 Å². The summed E-state index contributed by atoms with van der Waals surface area (Å²) in [6.45, 7) is 0. The van der Waals surface area contributed by atoms with E-state index in [4.69, 9.17) is 27.9 Å². The second-order valence-corrected chi connectivity index (χ2v) is 6.75. The Hall–Kier alpha value is -1.22. The van der Waals surface area contributed by atoms with Gasteiger partial charge in [0.05, 0.1) is 17.2 Å². The molecule has 0 saturated carbocycles. The average molecular weight is 336 g/mol. The molecule has 0 unspecified atom stereocenters. The maximum Gasteiger partial charge on any atom is 0.119 e. The zero-order valence-corrected chi connectivity index (χ0v) is 14.4. The lowest BCUT2D eigenvalue weighted by Crippen LogP contribution is -2.17. The summed E-state index contributed by atoms with van der Waals surface area (Å²) in [6, 6.07) is 12.7. The lowest BCUT2D eigenvalue weighted by Gasteiger charge is -2.20. The lowest BCUT2D eigenvalue weighted by molar-refractivity contribution is 0.293. The van der Waals surface area contributed by atoms with Crippen molar-refractivity contribution in [2.24, 2.45) is 0 Å². The van der Waals surface area contributed by atoms with Gasteiger partial charge in [0.2, 0.25) is 0 Å². The van der Waals surface area contributed by atoms with Crippen molar-refractivity contribution in [3.63, 3.8) is 0 Å². The average Bonchev–Trinajstić information content (AvgIpc) is 2.88. The van der Waals surface area contributed by atoms with Crippen LogP contribution in [0.1, 0.15) is 35.1 Å². The molecule has 0 fully saturated rings. The Morgan fingerprint density at radius 3 is 2.41 bits per heavy atom. The van der Waals surface area contributed by atoms with E-state index in [1.807, 2.05) is 18.2 Å². The van der Waals surface area contributed by atoms with E-state index < -0.39 is 0 Å². The van der Waals surface area contributed by atoms with Crippen molar-refractivity contribution in [3.05, 3.63) is 63.1 Å². The van der Waals surface area contributed by atoms with Gasteiger partial charge in [-0.1, -0.05) is 35.3 Å². The van der Waals surface area contributed by atoms with Gasteiger partial charge in [0, 0.05) is 12.0 Å². The number of rotatable bonds is 3. The molecule has 0 N–H and O–H groups in total. The first-order valence-corrected chi connectivity index (χ1v) is 8.06. The molecule has 0 bridgehead atoms. The van der Waals surface area contributed by atoms with E-state index in [9.17, 15) is 0 Å². The number of benzene rings is 2. The van der Waals surface area contributed by atoms with E-state index in [2.05, 4.69) is 37.2 Å². The number of fused-ring (bicyclic) bond motifs is 1. The van der Waals surface area contributed by atoms with Crippen LogP contribution in [-0.4, -0.2) is 26.1 Å². The fraction of sp³-hybridized carbons (Fsp3) is 0.333. The van der Waals surface area contributed by atoms with E-state index in [0.29, 0.717) is 22.0 Å². The first kappa shape index (κ1) is 15.7. The van der Waals surface area contributed by atoms with Crippen molar-refractivity contribution < 1.29 is 4.74 Å². The third-order valence-electron chi connectivity index (χ3n) is 4.46. The molecule has 2 atom stereocenters. The van der Waals surface area contributed by atoms with E-state index in [1.54, 1.807) is 7.11 Å². The number of hydrogen-bond donors (Lipinski definition) is 0. The highest BCUT2D eigenvalue weighted by Gasteiger charge is 2.33. The Kier molecular flexibility index (Phi) is 4.35. The molecule has 0 heterocycles. The van der Waals surface area contributed by atoms with Crippen molar-refractivity contribution in [2.75, 3.05) is 21.2 Å². The Labute approximate surface area is 141 Å². The molecule has 2 nitrogen and oxygen atoms in total. The second kappa shape index (κ2) is 6.11. The van der Waals surface area contributed by atoms with Crippen LogP contribution in [0.2, 0.25) is 10.0 Å². The summed E-state index contributed by atoms with van der Waals surface area (Å²) in [5, 5.41) is 1.21. The molecule has 0 aromatic heterocycles. The first-order chi connectivity index (χ1) is 10.5. The molecule has 1 aliphatic carbocycles. The molecule has 2 aromatic rings. The minimum absolute atomic E-state index is 0.336. The largest absolute Gasteiger partial charge is 0.497 e. The number of ether oxygens (including phenoxy) is 1. The minimum atomic E-state index is 0.336. The van der Waals surface area contributed by atoms with E-state index in [1.165, 1.54) is 16.7 Å². The SMILES string of the molecule is COc1ccc2c(c1)[C@H](N(C)C)C[C@H]2c1ccc(Cl)c(Cl)c1. The summed E-state index contributed by atoms with van der Waals surface area (Å²) >= 11 is 12.3. The van der Waals surface area contributed by atoms with Gasteiger partial charge in [0.1, 0.15) is 5.75 Å². The van der Waals surface area contributed by atoms with Crippen molar-refractivity contribution in [1.29, 1.82) is 0 Å². The van der Waals surface area contributed by atoms with Gasteiger partial charge >= 0.3 is 0 Å². The van der Waals surface area contributed by atoms with Gasteiger partial charge in [-0.15, -0.1) is 0 Å². The zero-order chi connectivity index (χ0) is 15.9. The van der Waals surface area contributed by atoms with Crippen molar-refractivity contribution >= 4 is 23.2 Å². The molecule has 2 aromatic carbocycles. The summed E-state index contributed by atoms with van der Waals surface area (Å²) in [6.07, 6.45) is 1.04. The standard InChI is InChI=1S/C18H19Cl2NO/c1-21(2)18-10-14(11-4-7-16(19)17(20)8-11)13-6-5-12(22-3)9-15(13)18/h4-9,14,18H,10H2,1-3H3/t14-,18+/m0/s1. The smallest absolute Gasteiger partial charge is 0.119 e. The molecule has 1 aliphatic rings. The van der Waals surface area contributed by atoms with Crippen LogP contribution in [0.25, 0.3) is 0 Å². The topological polar surface area (TPSA) is 12.5 Å². The van der Waals surface area contributed by atoms with Gasteiger partial charge in [0.25, 0.3) is 0 Å². The van der Waals surface area contributed by atoms with Crippen molar-refractivity contribution in [3.8, 4) is 5.75 Å². The molecule has 116 valence electrons. The third kappa shape index (κ3) is 2.71. The maximum atomic E-state index is 6.20. The predicted octanol–water partition coefficient (Wildman–Crippen LogP) is 5.14. The molecule has 3 rings (SSSR count). The van der Waals surface area contributed by atoms with Crippen molar-refractivity contribution in [2.45, 2.75) is 18.4 Å². The molecule has 0 saturated heterocycles. The number of halogens is 2. The molecule has 4 heteroatoms. The summed E-state index contributed by atoms with van der Waals surface area (Å²) in [5.41, 5.74) is 3.89. The number of hydrogen-bond acceptors (Lipinski definition) is 2. The first-order valence-electron chi connectivity index (χ1n) is 7.30. The number of methoxy groups -OCH3 is 1. The summed E-state index contributed by atoms with van der Waals surface area (Å²) in [4.78, 5) is 2.26. The Morgan fingerprint density at radius 1 is 1.00 bits per heavy atom. The van der Waals surface area contributed by atoms with Gasteiger partial charge in [-0.2, -0.15) is 0 Å². The molecule has 0 aliphatic heterocycles. The van der Waals surface area contributed by atoms with Crippen LogP contribution >= 0.6 is 23.2 Å². The molecular weight excluding hydrogens is 317 g/mol. The highest BCUT2D eigenvalue weighted by Crippen LogP contribution is 2.47. The third-order valence-corrected chi connectivity index (χ3v) is 5.20. The van der Waals surface area contributed by atoms with Crippen LogP contribution in [0, 0.1) is 0 Å². The number of nitrogens with zero attached hydrogens (tertiary/aromatic N) is 1.